The third kappa shape index (κ3) is 6.24. The Morgan fingerprint density at radius 3 is 2.69 bits per heavy atom. The number of nitrogens with one attached hydrogen (secondary N) is 1. The van der Waals surface area contributed by atoms with Crippen molar-refractivity contribution in [2.45, 2.75) is 33.6 Å². The molecule has 0 radical (unpaired) electrons. The van der Waals surface area contributed by atoms with Gasteiger partial charge in [0.15, 0.2) is 0 Å². The van der Waals surface area contributed by atoms with Crippen LogP contribution in [0, 0.1) is 23.2 Å². The summed E-state index contributed by atoms with van der Waals surface area (Å²) in [5.41, 5.74) is 6.25. The van der Waals surface area contributed by atoms with Crippen LogP contribution in [0.1, 0.15) is 49.7 Å². The summed E-state index contributed by atoms with van der Waals surface area (Å²) in [6.45, 7) is 8.16. The van der Waals surface area contributed by atoms with Gasteiger partial charge in [-0.3, -0.25) is 4.79 Å². The van der Waals surface area contributed by atoms with E-state index in [9.17, 15) is 9.59 Å². The Labute approximate surface area is 171 Å². The highest BCUT2D eigenvalue weighted by Crippen LogP contribution is 2.23. The van der Waals surface area contributed by atoms with E-state index in [2.05, 4.69) is 10.3 Å². The summed E-state index contributed by atoms with van der Waals surface area (Å²) in [5, 5.41) is 12.0. The molecular weight excluding hydrogens is 374 g/mol. The fourth-order valence-electron chi connectivity index (χ4n) is 2.99. The molecule has 3 N–H and O–H groups in total. The standard InChI is InChI=1S/C20H29N5O4/c1-4-28-19-15(10-21)16(22)9-17(24-19)18(26)23-11-14-5-7-25(8-6-14)20(27)29-12-13(2)3/h9,13-14H,4-8,11-12H2,1-3H3,(H2,22,24)(H,23,26). The lowest BCUT2D eigenvalue weighted by molar-refractivity contribution is 0.0772. The van der Waals surface area contributed by atoms with E-state index in [0.29, 0.717) is 38.8 Å². The summed E-state index contributed by atoms with van der Waals surface area (Å²) in [7, 11) is 0. The number of nitrogen functional groups attached to an aromatic ring is 1. The molecule has 1 aliphatic heterocycles. The fourth-order valence-corrected chi connectivity index (χ4v) is 2.99. The van der Waals surface area contributed by atoms with E-state index in [0.717, 1.165) is 12.8 Å². The number of piperidine rings is 1. The third-order valence-corrected chi connectivity index (χ3v) is 4.61. The molecule has 158 valence electrons. The predicted molar refractivity (Wildman–Crippen MR) is 107 cm³/mol. The van der Waals surface area contributed by atoms with Crippen LogP contribution < -0.4 is 15.8 Å². The average molecular weight is 403 g/mol. The molecule has 9 heteroatoms. The molecule has 2 rings (SSSR count). The Kier molecular flexibility index (Phi) is 8.07. The maximum atomic E-state index is 12.5. The number of ether oxygens (including phenoxy) is 2. The first kappa shape index (κ1) is 22.3. The van der Waals surface area contributed by atoms with Crippen molar-refractivity contribution in [2.24, 2.45) is 11.8 Å². The van der Waals surface area contributed by atoms with Gasteiger partial charge in [-0.2, -0.15) is 5.26 Å². The number of hydrogen-bond acceptors (Lipinski definition) is 7. The van der Waals surface area contributed by atoms with E-state index in [1.165, 1.54) is 6.07 Å². The third-order valence-electron chi connectivity index (χ3n) is 4.61. The van der Waals surface area contributed by atoms with Gasteiger partial charge in [0.05, 0.1) is 18.9 Å². The second kappa shape index (κ2) is 10.5. The van der Waals surface area contributed by atoms with Crippen molar-refractivity contribution in [3.8, 4) is 11.9 Å². The minimum absolute atomic E-state index is 0.0633. The number of aromatic nitrogens is 1. The molecule has 1 aromatic heterocycles. The fraction of sp³-hybridized carbons (Fsp3) is 0.600. The van der Waals surface area contributed by atoms with Crippen LogP contribution in [0.4, 0.5) is 10.5 Å². The first-order chi connectivity index (χ1) is 13.8. The van der Waals surface area contributed by atoms with E-state index in [1.54, 1.807) is 11.8 Å². The Balaban J connectivity index is 1.86. The van der Waals surface area contributed by atoms with Gasteiger partial charge in [0, 0.05) is 19.6 Å². The summed E-state index contributed by atoms with van der Waals surface area (Å²) < 4.78 is 10.6. The molecule has 0 unspecified atom stereocenters. The number of anilines is 1. The normalized spacial score (nSPS) is 14.4. The molecule has 0 spiro atoms. The van der Waals surface area contributed by atoms with Gasteiger partial charge in [0.1, 0.15) is 17.3 Å². The Hall–Kier alpha value is -3.02. The molecule has 2 amide bonds. The molecular formula is C20H29N5O4. The van der Waals surface area contributed by atoms with Crippen LogP contribution in [0.3, 0.4) is 0 Å². The number of amides is 2. The summed E-state index contributed by atoms with van der Waals surface area (Å²) in [6, 6.07) is 3.32. The Bertz CT molecular complexity index is 767. The average Bonchev–Trinajstić information content (AvgIpc) is 2.70. The number of nitrogens with two attached hydrogens (primary N) is 1. The maximum Gasteiger partial charge on any atom is 0.409 e. The molecule has 1 fully saturated rings. The number of rotatable bonds is 7. The molecule has 0 aliphatic carbocycles. The lowest BCUT2D eigenvalue weighted by Gasteiger charge is -2.31. The lowest BCUT2D eigenvalue weighted by atomic mass is 9.97. The second-order valence-electron chi connectivity index (χ2n) is 7.43. The number of carbonyl (C=O) groups excluding carboxylic acids is 2. The number of likely N-dealkylation sites (tertiary alicyclic amines) is 1. The molecule has 1 saturated heterocycles. The number of carbonyl (C=O) groups is 2. The monoisotopic (exact) mass is 403 g/mol. The van der Waals surface area contributed by atoms with Crippen molar-refractivity contribution in [1.29, 1.82) is 5.26 Å². The van der Waals surface area contributed by atoms with Crippen molar-refractivity contribution >= 4 is 17.7 Å². The molecule has 1 aliphatic rings. The van der Waals surface area contributed by atoms with Gasteiger partial charge in [-0.25, -0.2) is 9.78 Å². The van der Waals surface area contributed by atoms with Gasteiger partial charge in [0.2, 0.25) is 5.88 Å². The predicted octanol–water partition coefficient (Wildman–Crippen LogP) is 2.17. The molecule has 9 nitrogen and oxygen atoms in total. The summed E-state index contributed by atoms with van der Waals surface area (Å²) >= 11 is 0. The molecule has 2 heterocycles. The summed E-state index contributed by atoms with van der Waals surface area (Å²) in [4.78, 5) is 30.3. The number of nitriles is 1. The van der Waals surface area contributed by atoms with E-state index < -0.39 is 0 Å². The highest BCUT2D eigenvalue weighted by atomic mass is 16.6. The molecule has 29 heavy (non-hydrogen) atoms. The quantitative estimate of drug-likeness (QED) is 0.713. The van der Waals surface area contributed by atoms with Crippen molar-refractivity contribution in [2.75, 3.05) is 38.6 Å². The molecule has 0 aromatic carbocycles. The summed E-state index contributed by atoms with van der Waals surface area (Å²) in [6.07, 6.45) is 1.29. The zero-order valence-corrected chi connectivity index (χ0v) is 17.2. The van der Waals surface area contributed by atoms with E-state index in [-0.39, 0.29) is 40.7 Å². The lowest BCUT2D eigenvalue weighted by Crippen LogP contribution is -2.42. The van der Waals surface area contributed by atoms with Gasteiger partial charge in [-0.1, -0.05) is 13.8 Å². The van der Waals surface area contributed by atoms with Crippen molar-refractivity contribution in [3.63, 3.8) is 0 Å². The van der Waals surface area contributed by atoms with Crippen LogP contribution in [-0.2, 0) is 4.74 Å². The molecule has 0 saturated carbocycles. The zero-order valence-electron chi connectivity index (χ0n) is 17.2. The topological polar surface area (TPSA) is 131 Å². The number of pyridine rings is 1. The van der Waals surface area contributed by atoms with Gasteiger partial charge in [0.25, 0.3) is 5.91 Å². The largest absolute Gasteiger partial charge is 0.477 e. The van der Waals surface area contributed by atoms with Crippen LogP contribution in [0.2, 0.25) is 0 Å². The van der Waals surface area contributed by atoms with E-state index in [4.69, 9.17) is 20.5 Å². The van der Waals surface area contributed by atoms with E-state index in [1.807, 2.05) is 19.9 Å². The van der Waals surface area contributed by atoms with Crippen molar-refractivity contribution < 1.29 is 19.1 Å². The van der Waals surface area contributed by atoms with Crippen LogP contribution in [0.25, 0.3) is 0 Å². The van der Waals surface area contributed by atoms with Crippen LogP contribution in [0.15, 0.2) is 6.07 Å². The molecule has 0 bridgehead atoms. The van der Waals surface area contributed by atoms with Crippen molar-refractivity contribution in [1.82, 2.24) is 15.2 Å². The number of nitrogens with zero attached hydrogens (tertiary/aromatic N) is 3. The van der Waals surface area contributed by atoms with Crippen molar-refractivity contribution in [3.05, 3.63) is 17.3 Å². The van der Waals surface area contributed by atoms with Crippen LogP contribution in [-0.4, -0.2) is 54.7 Å². The maximum absolute atomic E-state index is 12.5. The molecule has 1 aromatic rings. The van der Waals surface area contributed by atoms with Gasteiger partial charge in [-0.15, -0.1) is 0 Å². The highest BCUT2D eigenvalue weighted by Gasteiger charge is 2.25. The number of hydrogen-bond donors (Lipinski definition) is 2. The Morgan fingerprint density at radius 2 is 2.10 bits per heavy atom. The Morgan fingerprint density at radius 1 is 1.41 bits per heavy atom. The highest BCUT2D eigenvalue weighted by molar-refractivity contribution is 5.93. The first-order valence-electron chi connectivity index (χ1n) is 9.89. The smallest absolute Gasteiger partial charge is 0.409 e. The van der Waals surface area contributed by atoms with E-state index >= 15 is 0 Å². The van der Waals surface area contributed by atoms with Crippen LogP contribution >= 0.6 is 0 Å². The zero-order chi connectivity index (χ0) is 21.4. The summed E-state index contributed by atoms with van der Waals surface area (Å²) in [5.74, 6) is 0.254. The molecule has 0 atom stereocenters. The van der Waals surface area contributed by atoms with Gasteiger partial charge in [-0.05, 0) is 37.7 Å². The van der Waals surface area contributed by atoms with Crippen LogP contribution in [0.5, 0.6) is 5.88 Å². The first-order valence-corrected chi connectivity index (χ1v) is 9.89. The van der Waals surface area contributed by atoms with Gasteiger partial charge < -0.3 is 25.4 Å². The minimum atomic E-state index is -0.374. The van der Waals surface area contributed by atoms with Gasteiger partial charge >= 0.3 is 6.09 Å². The minimum Gasteiger partial charge on any atom is -0.477 e. The second-order valence-corrected chi connectivity index (χ2v) is 7.43. The SMILES string of the molecule is CCOc1nc(C(=O)NCC2CCN(C(=O)OCC(C)C)CC2)cc(N)c1C#N.